The lowest BCUT2D eigenvalue weighted by molar-refractivity contribution is 0.128. The van der Waals surface area contributed by atoms with Crippen molar-refractivity contribution in [1.29, 1.82) is 0 Å². The predicted octanol–water partition coefficient (Wildman–Crippen LogP) is 3.45. The van der Waals surface area contributed by atoms with Gasteiger partial charge in [-0.3, -0.25) is 4.90 Å². The van der Waals surface area contributed by atoms with E-state index in [0.29, 0.717) is 5.92 Å². The fourth-order valence-corrected chi connectivity index (χ4v) is 3.53. The van der Waals surface area contributed by atoms with Gasteiger partial charge in [0.2, 0.25) is 0 Å². The summed E-state index contributed by atoms with van der Waals surface area (Å²) in [5.74, 6) is 0.640. The Morgan fingerprint density at radius 3 is 3.05 bits per heavy atom. The minimum Gasteiger partial charge on any atom is -0.346 e. The second kappa shape index (κ2) is 4.74. The van der Waals surface area contributed by atoms with Crippen LogP contribution < -0.4 is 0 Å². The molecule has 3 heterocycles. The van der Waals surface area contributed by atoms with Crippen molar-refractivity contribution in [2.45, 2.75) is 32.2 Å². The van der Waals surface area contributed by atoms with E-state index in [-0.39, 0.29) is 0 Å². The minimum absolute atomic E-state index is 0.640. The number of H-pyrrole nitrogens is 1. The summed E-state index contributed by atoms with van der Waals surface area (Å²) >= 11 is 0. The van der Waals surface area contributed by atoms with Crippen LogP contribution in [0.1, 0.15) is 31.7 Å². The van der Waals surface area contributed by atoms with E-state index < -0.39 is 0 Å². The molecule has 1 fully saturated rings. The third-order valence-electron chi connectivity index (χ3n) is 4.77. The molecule has 1 N–H and O–H groups in total. The predicted molar refractivity (Wildman–Crippen MR) is 82.4 cm³/mol. The number of hydrogen-bond acceptors (Lipinski definition) is 2. The van der Waals surface area contributed by atoms with Gasteiger partial charge >= 0.3 is 0 Å². The van der Waals surface area contributed by atoms with Crippen molar-refractivity contribution in [2.24, 2.45) is 5.92 Å². The topological polar surface area (TPSA) is 31.9 Å². The standard InChI is InChI=1S/C17H21N3/c1-12-8-13(11-20(10-12)14-4-2-5-14)16-9-19-17-15(16)6-3-7-18-17/h3,6-9,12,14H,2,4-5,10-11H2,1H3,(H,18,19)/t12-/m1/s1. The van der Waals surface area contributed by atoms with Crippen LogP contribution in [0.15, 0.2) is 30.6 Å². The number of aromatic amines is 1. The van der Waals surface area contributed by atoms with Crippen LogP contribution in [-0.4, -0.2) is 34.0 Å². The lowest BCUT2D eigenvalue weighted by atomic mass is 9.87. The van der Waals surface area contributed by atoms with Gasteiger partial charge in [0.25, 0.3) is 0 Å². The molecule has 2 aliphatic rings. The van der Waals surface area contributed by atoms with Crippen molar-refractivity contribution < 1.29 is 0 Å². The fourth-order valence-electron chi connectivity index (χ4n) is 3.53. The molecule has 3 nitrogen and oxygen atoms in total. The van der Waals surface area contributed by atoms with Gasteiger partial charge in [-0.1, -0.05) is 19.4 Å². The first-order chi connectivity index (χ1) is 9.81. The van der Waals surface area contributed by atoms with E-state index >= 15 is 0 Å². The summed E-state index contributed by atoms with van der Waals surface area (Å²) in [5.41, 5.74) is 3.80. The molecule has 1 aliphatic carbocycles. The van der Waals surface area contributed by atoms with Crippen LogP contribution in [0.4, 0.5) is 0 Å². The molecule has 2 aromatic rings. The van der Waals surface area contributed by atoms with Gasteiger partial charge in [0.15, 0.2) is 0 Å². The summed E-state index contributed by atoms with van der Waals surface area (Å²) in [7, 11) is 0. The minimum atomic E-state index is 0.640. The Hall–Kier alpha value is -1.61. The number of hydrogen-bond donors (Lipinski definition) is 1. The molecule has 20 heavy (non-hydrogen) atoms. The summed E-state index contributed by atoms with van der Waals surface area (Å²) in [6.45, 7) is 4.64. The molecule has 0 bridgehead atoms. The molecular weight excluding hydrogens is 246 g/mol. The molecule has 104 valence electrons. The van der Waals surface area contributed by atoms with Crippen LogP contribution in [0.5, 0.6) is 0 Å². The molecule has 3 heteroatoms. The number of aromatic nitrogens is 2. The van der Waals surface area contributed by atoms with Gasteiger partial charge in [-0.15, -0.1) is 0 Å². The third-order valence-corrected chi connectivity index (χ3v) is 4.77. The summed E-state index contributed by atoms with van der Waals surface area (Å²) < 4.78 is 0. The highest BCUT2D eigenvalue weighted by Crippen LogP contribution is 2.33. The van der Waals surface area contributed by atoms with Gasteiger partial charge in [0.1, 0.15) is 5.65 Å². The van der Waals surface area contributed by atoms with E-state index in [0.717, 1.165) is 18.2 Å². The van der Waals surface area contributed by atoms with Crippen molar-refractivity contribution in [3.63, 3.8) is 0 Å². The Balaban J connectivity index is 1.69. The summed E-state index contributed by atoms with van der Waals surface area (Å²) in [6, 6.07) is 5.02. The molecular formula is C17H21N3. The van der Waals surface area contributed by atoms with Crippen molar-refractivity contribution >= 4 is 16.6 Å². The number of pyridine rings is 1. The van der Waals surface area contributed by atoms with Crippen LogP contribution in [0.3, 0.4) is 0 Å². The van der Waals surface area contributed by atoms with Crippen molar-refractivity contribution in [2.75, 3.05) is 13.1 Å². The Bertz CT molecular complexity index is 651. The summed E-state index contributed by atoms with van der Waals surface area (Å²) in [5, 5.41) is 1.25. The van der Waals surface area contributed by atoms with Crippen LogP contribution >= 0.6 is 0 Å². The molecule has 0 unspecified atom stereocenters. The van der Waals surface area contributed by atoms with Gasteiger partial charge in [-0.25, -0.2) is 4.98 Å². The van der Waals surface area contributed by atoms with Crippen molar-refractivity contribution in [3.8, 4) is 0 Å². The van der Waals surface area contributed by atoms with Crippen molar-refractivity contribution in [3.05, 3.63) is 36.2 Å². The van der Waals surface area contributed by atoms with Crippen LogP contribution in [0.25, 0.3) is 16.6 Å². The number of rotatable bonds is 2. The van der Waals surface area contributed by atoms with Crippen LogP contribution in [0, 0.1) is 5.92 Å². The maximum absolute atomic E-state index is 4.40. The van der Waals surface area contributed by atoms with E-state index in [1.165, 1.54) is 42.3 Å². The largest absolute Gasteiger partial charge is 0.346 e. The Morgan fingerprint density at radius 1 is 1.35 bits per heavy atom. The van der Waals surface area contributed by atoms with Gasteiger partial charge in [-0.05, 0) is 36.5 Å². The monoisotopic (exact) mass is 267 g/mol. The molecule has 0 saturated heterocycles. The van der Waals surface area contributed by atoms with E-state index in [1.807, 2.05) is 12.3 Å². The fraction of sp³-hybridized carbons (Fsp3) is 0.471. The first-order valence-electron chi connectivity index (χ1n) is 7.68. The normalized spacial score (nSPS) is 24.6. The van der Waals surface area contributed by atoms with E-state index in [9.17, 15) is 0 Å². The van der Waals surface area contributed by atoms with E-state index in [2.05, 4.69) is 40.1 Å². The Kier molecular flexibility index (Phi) is 2.88. The average Bonchev–Trinajstić information content (AvgIpc) is 2.79. The zero-order valence-corrected chi connectivity index (χ0v) is 12.0. The smallest absolute Gasteiger partial charge is 0.137 e. The molecule has 0 spiro atoms. The lowest BCUT2D eigenvalue weighted by Crippen LogP contribution is -2.44. The molecule has 0 amide bonds. The number of nitrogens with zero attached hydrogens (tertiary/aromatic N) is 2. The highest BCUT2D eigenvalue weighted by molar-refractivity contribution is 5.91. The maximum atomic E-state index is 4.40. The third kappa shape index (κ3) is 1.97. The van der Waals surface area contributed by atoms with Gasteiger partial charge in [-0.2, -0.15) is 0 Å². The zero-order valence-electron chi connectivity index (χ0n) is 12.0. The molecule has 4 rings (SSSR count). The first kappa shape index (κ1) is 12.2. The molecule has 1 aliphatic heterocycles. The van der Waals surface area contributed by atoms with Gasteiger partial charge in [0.05, 0.1) is 0 Å². The molecule has 0 aromatic carbocycles. The highest BCUT2D eigenvalue weighted by Gasteiger charge is 2.29. The summed E-state index contributed by atoms with van der Waals surface area (Å²) in [6.07, 6.45) is 10.6. The number of nitrogens with one attached hydrogen (secondary N) is 1. The summed E-state index contributed by atoms with van der Waals surface area (Å²) in [4.78, 5) is 10.4. The average molecular weight is 267 g/mol. The molecule has 2 aromatic heterocycles. The Labute approximate surface area is 119 Å². The van der Waals surface area contributed by atoms with Crippen LogP contribution in [0.2, 0.25) is 0 Å². The van der Waals surface area contributed by atoms with E-state index in [4.69, 9.17) is 0 Å². The first-order valence-corrected chi connectivity index (χ1v) is 7.68. The van der Waals surface area contributed by atoms with Gasteiger partial charge < -0.3 is 4.98 Å². The second-order valence-electron chi connectivity index (χ2n) is 6.29. The van der Waals surface area contributed by atoms with E-state index in [1.54, 1.807) is 0 Å². The molecule has 1 saturated carbocycles. The zero-order chi connectivity index (χ0) is 13.5. The maximum Gasteiger partial charge on any atom is 0.137 e. The molecule has 0 radical (unpaired) electrons. The van der Waals surface area contributed by atoms with Gasteiger partial charge in [0, 0.05) is 42.5 Å². The molecule has 1 atom stereocenters. The quantitative estimate of drug-likeness (QED) is 0.903. The number of fused-ring (bicyclic) bond motifs is 1. The second-order valence-corrected chi connectivity index (χ2v) is 6.29. The van der Waals surface area contributed by atoms with Crippen LogP contribution in [-0.2, 0) is 0 Å². The van der Waals surface area contributed by atoms with Crippen molar-refractivity contribution in [1.82, 2.24) is 14.9 Å². The lowest BCUT2D eigenvalue weighted by Gasteiger charge is -2.41. The SMILES string of the molecule is C[C@@H]1C=C(c2c[nH]c3ncccc23)CN(C2CCC2)C1. The highest BCUT2D eigenvalue weighted by atomic mass is 15.2. The Morgan fingerprint density at radius 2 is 2.25 bits per heavy atom.